The summed E-state index contributed by atoms with van der Waals surface area (Å²) in [6.45, 7) is -0.806. The van der Waals surface area contributed by atoms with Crippen LogP contribution >= 0.6 is 11.6 Å². The summed E-state index contributed by atoms with van der Waals surface area (Å²) in [4.78, 5) is 35.6. The van der Waals surface area contributed by atoms with Crippen molar-refractivity contribution in [2.24, 2.45) is 0 Å². The third-order valence-electron chi connectivity index (χ3n) is 5.71. The fourth-order valence-corrected chi connectivity index (χ4v) is 3.97. The van der Waals surface area contributed by atoms with E-state index in [1.807, 2.05) is 0 Å². The second kappa shape index (κ2) is 12.0. The molecule has 0 radical (unpaired) electrons. The van der Waals surface area contributed by atoms with Crippen molar-refractivity contribution < 1.29 is 33.1 Å². The van der Waals surface area contributed by atoms with Crippen molar-refractivity contribution in [3.05, 3.63) is 93.0 Å². The third kappa shape index (κ3) is 5.87. The fourth-order valence-electron chi connectivity index (χ4n) is 3.80. The molecule has 12 heteroatoms. The predicted octanol–water partition coefficient (Wildman–Crippen LogP) is 5.86. The maximum Gasteiger partial charge on any atom is 0.345 e. The highest BCUT2D eigenvalue weighted by molar-refractivity contribution is 6.31. The summed E-state index contributed by atoms with van der Waals surface area (Å²) in [5.74, 6) is -0.591. The van der Waals surface area contributed by atoms with Crippen LogP contribution < -0.4 is 14.8 Å². The molecule has 0 unspecified atom stereocenters. The van der Waals surface area contributed by atoms with Gasteiger partial charge < -0.3 is 18.6 Å². The quantitative estimate of drug-likeness (QED) is 0.150. The first kappa shape index (κ1) is 27.7. The summed E-state index contributed by atoms with van der Waals surface area (Å²) in [5, 5.41) is 23.8. The van der Waals surface area contributed by atoms with Gasteiger partial charge in [0.1, 0.15) is 34.5 Å². The second-order valence-electron chi connectivity index (χ2n) is 8.12. The molecule has 4 rings (SSSR count). The monoisotopic (exact) mass is 561 g/mol. The highest BCUT2D eigenvalue weighted by atomic mass is 35.5. The number of benzene rings is 3. The number of nitro benzene ring substituents is 1. The number of nitrogens with one attached hydrogen (secondary N) is 1. The molecule has 0 atom stereocenters. The highest BCUT2D eigenvalue weighted by Crippen LogP contribution is 2.42. The van der Waals surface area contributed by atoms with Crippen LogP contribution in [0.1, 0.15) is 15.9 Å². The minimum atomic E-state index is -1.10. The van der Waals surface area contributed by atoms with Gasteiger partial charge in [-0.3, -0.25) is 20.2 Å². The molecule has 3 aromatic carbocycles. The Morgan fingerprint density at radius 2 is 1.60 bits per heavy atom. The Labute approximate surface area is 232 Å². The number of ether oxygens (including phenoxy) is 3. The molecule has 0 bridgehead atoms. The Hall–Kier alpha value is -5.34. The number of carbonyl (C=O) groups is 2. The van der Waals surface area contributed by atoms with Crippen molar-refractivity contribution >= 4 is 35.0 Å². The minimum absolute atomic E-state index is 0.0315. The van der Waals surface area contributed by atoms with E-state index in [1.165, 1.54) is 20.3 Å². The summed E-state index contributed by atoms with van der Waals surface area (Å²) < 4.78 is 21.4. The molecule has 1 heterocycles. The molecule has 0 aliphatic heterocycles. The summed E-state index contributed by atoms with van der Waals surface area (Å²) in [7, 11) is 3.06. The van der Waals surface area contributed by atoms with Gasteiger partial charge in [0.25, 0.3) is 11.6 Å². The lowest BCUT2D eigenvalue weighted by atomic mass is 9.98. The van der Waals surface area contributed by atoms with Crippen molar-refractivity contribution in [2.45, 2.75) is 0 Å². The zero-order chi connectivity index (χ0) is 28.8. The lowest BCUT2D eigenvalue weighted by molar-refractivity contribution is -0.385. The third-order valence-corrected chi connectivity index (χ3v) is 5.95. The first-order valence-electron chi connectivity index (χ1n) is 11.5. The molecule has 11 nitrogen and oxygen atoms in total. The number of amides is 1. The van der Waals surface area contributed by atoms with Gasteiger partial charge in [0.2, 0.25) is 5.88 Å². The van der Waals surface area contributed by atoms with E-state index in [4.69, 9.17) is 30.2 Å². The van der Waals surface area contributed by atoms with Gasteiger partial charge >= 0.3 is 5.97 Å². The van der Waals surface area contributed by atoms with E-state index < -0.39 is 29.1 Å². The van der Waals surface area contributed by atoms with Crippen LogP contribution in [0.4, 0.5) is 11.6 Å². The normalized spacial score (nSPS) is 10.3. The number of esters is 1. The van der Waals surface area contributed by atoms with Crippen LogP contribution in [0.5, 0.6) is 11.5 Å². The Bertz CT molecular complexity index is 1620. The lowest BCUT2D eigenvalue weighted by Crippen LogP contribution is -2.21. The Morgan fingerprint density at radius 1 is 1.00 bits per heavy atom. The first-order chi connectivity index (χ1) is 19.2. The molecule has 1 aromatic heterocycles. The van der Waals surface area contributed by atoms with Crippen LogP contribution in [0.15, 0.2) is 71.1 Å². The zero-order valence-corrected chi connectivity index (χ0v) is 21.9. The number of furan rings is 1. The molecule has 0 spiro atoms. The van der Waals surface area contributed by atoms with Crippen LogP contribution in [-0.4, -0.2) is 37.6 Å². The molecular formula is C28H20ClN3O8. The summed E-state index contributed by atoms with van der Waals surface area (Å²) in [6.07, 6.45) is 0. The molecule has 0 saturated heterocycles. The van der Waals surface area contributed by atoms with Crippen molar-refractivity contribution in [3.8, 4) is 40.0 Å². The smallest absolute Gasteiger partial charge is 0.345 e. The van der Waals surface area contributed by atoms with E-state index in [1.54, 1.807) is 48.5 Å². The average Bonchev–Trinajstić information content (AvgIpc) is 3.33. The van der Waals surface area contributed by atoms with Gasteiger partial charge in [-0.2, -0.15) is 5.26 Å². The maximum absolute atomic E-state index is 12.7. The number of hydrogen-bond donors (Lipinski definition) is 1. The number of rotatable bonds is 9. The van der Waals surface area contributed by atoms with Gasteiger partial charge in [0.05, 0.1) is 19.1 Å². The molecule has 4 aromatic rings. The molecule has 40 heavy (non-hydrogen) atoms. The molecule has 0 aliphatic rings. The number of nitro groups is 1. The number of nitrogens with zero attached hydrogens (tertiary/aromatic N) is 2. The fraction of sp³-hybridized carbons (Fsp3) is 0.107. The molecule has 202 valence electrons. The van der Waals surface area contributed by atoms with Crippen LogP contribution in [0.25, 0.3) is 22.5 Å². The second-order valence-corrected chi connectivity index (χ2v) is 8.56. The molecule has 0 aliphatic carbocycles. The molecular weight excluding hydrogens is 542 g/mol. The van der Waals surface area contributed by atoms with Crippen LogP contribution in [0.3, 0.4) is 0 Å². The summed E-state index contributed by atoms with van der Waals surface area (Å²) in [5.41, 5.74) is 0.730. The zero-order valence-electron chi connectivity index (χ0n) is 21.1. The summed E-state index contributed by atoms with van der Waals surface area (Å²) >= 11 is 5.78. The van der Waals surface area contributed by atoms with E-state index in [2.05, 4.69) is 11.4 Å². The van der Waals surface area contributed by atoms with Gasteiger partial charge in [0.15, 0.2) is 6.61 Å². The van der Waals surface area contributed by atoms with Crippen molar-refractivity contribution in [3.63, 3.8) is 0 Å². The van der Waals surface area contributed by atoms with Gasteiger partial charge in [-0.25, -0.2) is 4.79 Å². The van der Waals surface area contributed by atoms with E-state index in [9.17, 15) is 25.0 Å². The van der Waals surface area contributed by atoms with E-state index in [0.717, 1.165) is 12.1 Å². The Morgan fingerprint density at radius 3 is 2.15 bits per heavy atom. The van der Waals surface area contributed by atoms with E-state index in [-0.39, 0.29) is 22.0 Å². The van der Waals surface area contributed by atoms with Gasteiger partial charge in [0, 0.05) is 22.2 Å². The SMILES string of the molecule is COc1ccc(-c2oc(NC(=O)COC(=O)c3ccc(Cl)cc3[N+](=O)[O-])c(C#N)c2-c2ccc(OC)cc2)cc1. The van der Waals surface area contributed by atoms with Gasteiger partial charge in [-0.05, 0) is 54.1 Å². The van der Waals surface area contributed by atoms with E-state index in [0.29, 0.717) is 33.9 Å². The number of methoxy groups -OCH3 is 2. The topological polar surface area (TPSA) is 154 Å². The number of carbonyl (C=O) groups excluding carboxylic acids is 2. The maximum atomic E-state index is 12.7. The number of anilines is 1. The molecule has 0 saturated carbocycles. The van der Waals surface area contributed by atoms with E-state index >= 15 is 0 Å². The van der Waals surface area contributed by atoms with Crippen LogP contribution in [0, 0.1) is 21.4 Å². The van der Waals surface area contributed by atoms with Gasteiger partial charge in [-0.1, -0.05) is 23.7 Å². The van der Waals surface area contributed by atoms with Crippen molar-refractivity contribution in [1.82, 2.24) is 0 Å². The Balaban J connectivity index is 1.63. The molecule has 0 fully saturated rings. The van der Waals surface area contributed by atoms with Crippen LogP contribution in [-0.2, 0) is 9.53 Å². The first-order valence-corrected chi connectivity index (χ1v) is 11.9. The number of hydrogen-bond acceptors (Lipinski definition) is 9. The standard InChI is InChI=1S/C28H20ClN3O8/c1-37-19-8-3-16(4-9-19)25-22(14-30)27(40-26(25)17-5-10-20(38-2)11-6-17)31-24(33)15-39-28(34)21-12-7-18(29)13-23(21)32(35)36/h3-13H,15H2,1-2H3,(H,31,33). The van der Waals surface area contributed by atoms with Gasteiger partial charge in [-0.15, -0.1) is 0 Å². The largest absolute Gasteiger partial charge is 0.497 e. The predicted molar refractivity (Wildman–Crippen MR) is 144 cm³/mol. The summed E-state index contributed by atoms with van der Waals surface area (Å²) in [6, 6.07) is 19.3. The molecule has 1 N–H and O–H groups in total. The Kier molecular flexibility index (Phi) is 8.32. The van der Waals surface area contributed by atoms with Crippen LogP contribution in [0.2, 0.25) is 5.02 Å². The minimum Gasteiger partial charge on any atom is -0.497 e. The molecule has 1 amide bonds. The van der Waals surface area contributed by atoms with Crippen molar-refractivity contribution in [1.29, 1.82) is 5.26 Å². The number of halogens is 1. The highest BCUT2D eigenvalue weighted by Gasteiger charge is 2.26. The lowest BCUT2D eigenvalue weighted by Gasteiger charge is -2.06. The van der Waals surface area contributed by atoms with Crippen molar-refractivity contribution in [2.75, 3.05) is 26.1 Å². The average molecular weight is 562 g/mol. The number of nitriles is 1.